The summed E-state index contributed by atoms with van der Waals surface area (Å²) in [7, 11) is 0. The topological polar surface area (TPSA) is 50.2 Å². The summed E-state index contributed by atoms with van der Waals surface area (Å²) in [5.74, 6) is -0.0374. The minimum atomic E-state index is -0.0374. The lowest BCUT2D eigenvalue weighted by Crippen LogP contribution is -2.43. The third-order valence-corrected chi connectivity index (χ3v) is 8.42. The predicted molar refractivity (Wildman–Crippen MR) is 133 cm³/mol. The predicted octanol–water partition coefficient (Wildman–Crippen LogP) is 6.07. The first-order valence-electron chi connectivity index (χ1n) is 10.9. The molecule has 1 amide bonds. The Morgan fingerprint density at radius 2 is 1.97 bits per heavy atom. The highest BCUT2D eigenvalue weighted by atomic mass is 35.5. The van der Waals surface area contributed by atoms with Crippen molar-refractivity contribution in [2.75, 3.05) is 13.1 Å². The van der Waals surface area contributed by atoms with Gasteiger partial charge in [-0.05, 0) is 69.4 Å². The van der Waals surface area contributed by atoms with E-state index in [2.05, 4.69) is 39.8 Å². The zero-order valence-corrected chi connectivity index (χ0v) is 20.4. The van der Waals surface area contributed by atoms with Gasteiger partial charge in [-0.2, -0.15) is 5.10 Å². The van der Waals surface area contributed by atoms with Gasteiger partial charge in [0.2, 0.25) is 0 Å². The van der Waals surface area contributed by atoms with E-state index < -0.39 is 0 Å². The number of halogens is 1. The molecule has 1 aliphatic rings. The molecule has 0 radical (unpaired) electrons. The van der Waals surface area contributed by atoms with E-state index in [-0.39, 0.29) is 18.0 Å². The Labute approximate surface area is 200 Å². The molecule has 4 heterocycles. The number of aryl methyl sites for hydroxylation is 1. The lowest BCUT2D eigenvalue weighted by atomic mass is 10.1. The van der Waals surface area contributed by atoms with Crippen molar-refractivity contribution in [2.24, 2.45) is 0 Å². The molecular weight excluding hydrogens is 460 g/mol. The molecule has 1 aliphatic heterocycles. The Bertz CT molecular complexity index is 1240. The van der Waals surface area contributed by atoms with Crippen LogP contribution in [-0.4, -0.2) is 39.7 Å². The highest BCUT2D eigenvalue weighted by Gasteiger charge is 2.30. The number of fused-ring (bicyclic) bond motifs is 1. The zero-order valence-electron chi connectivity index (χ0n) is 18.0. The van der Waals surface area contributed by atoms with Crippen LogP contribution in [0.1, 0.15) is 46.0 Å². The van der Waals surface area contributed by atoms with Gasteiger partial charge in [0.25, 0.3) is 5.91 Å². The SMILES string of the molecule is Cc1nn(-c2ccccc2Cl)c2sc(C(=O)N[C@H](C)[C@@H](c3cccs3)N3CCCC3)cc12. The molecule has 5 rings (SSSR count). The number of rotatable bonds is 6. The van der Waals surface area contributed by atoms with E-state index in [9.17, 15) is 4.79 Å². The molecule has 1 saturated heterocycles. The molecule has 2 atom stereocenters. The van der Waals surface area contributed by atoms with Gasteiger partial charge in [-0.15, -0.1) is 22.7 Å². The highest BCUT2D eigenvalue weighted by Crippen LogP contribution is 2.34. The summed E-state index contributed by atoms with van der Waals surface area (Å²) in [5, 5.41) is 11.7. The van der Waals surface area contributed by atoms with Crippen LogP contribution in [0.25, 0.3) is 15.9 Å². The van der Waals surface area contributed by atoms with E-state index >= 15 is 0 Å². The van der Waals surface area contributed by atoms with Crippen LogP contribution in [-0.2, 0) is 0 Å². The Morgan fingerprint density at radius 1 is 1.19 bits per heavy atom. The van der Waals surface area contributed by atoms with Gasteiger partial charge in [-0.1, -0.05) is 29.8 Å². The quantitative estimate of drug-likeness (QED) is 0.361. The van der Waals surface area contributed by atoms with Crippen molar-refractivity contribution in [3.63, 3.8) is 0 Å². The number of hydrogen-bond acceptors (Lipinski definition) is 5. The number of carbonyl (C=O) groups excluding carboxylic acids is 1. The van der Waals surface area contributed by atoms with Crippen molar-refractivity contribution in [3.8, 4) is 5.69 Å². The Balaban J connectivity index is 1.42. The summed E-state index contributed by atoms with van der Waals surface area (Å²) in [6, 6.07) is 14.1. The van der Waals surface area contributed by atoms with Crippen LogP contribution >= 0.6 is 34.3 Å². The van der Waals surface area contributed by atoms with Gasteiger partial charge in [0.15, 0.2) is 0 Å². The molecule has 3 aromatic heterocycles. The van der Waals surface area contributed by atoms with Crippen LogP contribution in [0, 0.1) is 6.92 Å². The van der Waals surface area contributed by atoms with Gasteiger partial charge in [-0.25, -0.2) is 4.68 Å². The number of hydrogen-bond donors (Lipinski definition) is 1. The van der Waals surface area contributed by atoms with E-state index in [1.807, 2.05) is 41.9 Å². The van der Waals surface area contributed by atoms with Crippen molar-refractivity contribution in [1.29, 1.82) is 0 Å². The molecule has 4 aromatic rings. The van der Waals surface area contributed by atoms with Gasteiger partial charge in [0.05, 0.1) is 27.3 Å². The van der Waals surface area contributed by atoms with Crippen LogP contribution in [0.2, 0.25) is 5.02 Å². The van der Waals surface area contributed by atoms with Crippen molar-refractivity contribution >= 4 is 50.4 Å². The molecule has 1 N–H and O–H groups in total. The van der Waals surface area contributed by atoms with Gasteiger partial charge in [0, 0.05) is 16.3 Å². The molecule has 8 heteroatoms. The van der Waals surface area contributed by atoms with E-state index in [0.29, 0.717) is 9.90 Å². The van der Waals surface area contributed by atoms with Gasteiger partial charge in [-0.3, -0.25) is 9.69 Å². The smallest absolute Gasteiger partial charge is 0.261 e. The number of carbonyl (C=O) groups is 1. The molecule has 1 fully saturated rings. The van der Waals surface area contributed by atoms with Crippen LogP contribution in [0.5, 0.6) is 0 Å². The largest absolute Gasteiger partial charge is 0.347 e. The first kappa shape index (κ1) is 21.6. The van der Waals surface area contributed by atoms with E-state index in [4.69, 9.17) is 11.6 Å². The Hall–Kier alpha value is -2.19. The molecule has 166 valence electrons. The Kier molecular flexibility index (Phi) is 6.07. The molecule has 5 nitrogen and oxygen atoms in total. The fourth-order valence-corrected chi connectivity index (χ4v) is 6.78. The molecular formula is C24H25ClN4OS2. The minimum absolute atomic E-state index is 0.00521. The number of benzene rings is 1. The number of aromatic nitrogens is 2. The second kappa shape index (κ2) is 8.98. The van der Waals surface area contributed by atoms with Gasteiger partial charge >= 0.3 is 0 Å². The van der Waals surface area contributed by atoms with E-state index in [1.54, 1.807) is 11.3 Å². The number of para-hydroxylation sites is 1. The maximum absolute atomic E-state index is 13.3. The highest BCUT2D eigenvalue weighted by molar-refractivity contribution is 7.20. The molecule has 0 saturated carbocycles. The first-order chi connectivity index (χ1) is 15.5. The van der Waals surface area contributed by atoms with Gasteiger partial charge < -0.3 is 5.32 Å². The first-order valence-corrected chi connectivity index (χ1v) is 12.9. The molecule has 0 spiro atoms. The maximum atomic E-state index is 13.3. The lowest BCUT2D eigenvalue weighted by molar-refractivity contribution is 0.0912. The Morgan fingerprint density at radius 3 is 2.69 bits per heavy atom. The molecule has 0 unspecified atom stereocenters. The average Bonchev–Trinajstić information content (AvgIpc) is 3.56. The van der Waals surface area contributed by atoms with Crippen LogP contribution < -0.4 is 5.32 Å². The summed E-state index contributed by atoms with van der Waals surface area (Å²) in [6.07, 6.45) is 2.44. The number of likely N-dealkylation sites (tertiary alicyclic amines) is 1. The number of amides is 1. The molecule has 1 aromatic carbocycles. The lowest BCUT2D eigenvalue weighted by Gasteiger charge is -2.32. The van der Waals surface area contributed by atoms with Crippen molar-refractivity contribution in [1.82, 2.24) is 20.0 Å². The van der Waals surface area contributed by atoms with E-state index in [1.165, 1.54) is 29.1 Å². The molecule has 0 aliphatic carbocycles. The van der Waals surface area contributed by atoms with E-state index in [0.717, 1.165) is 34.7 Å². The monoisotopic (exact) mass is 484 g/mol. The van der Waals surface area contributed by atoms with Crippen molar-refractivity contribution in [3.05, 3.63) is 68.3 Å². The van der Waals surface area contributed by atoms with Gasteiger partial charge in [0.1, 0.15) is 4.83 Å². The molecule has 32 heavy (non-hydrogen) atoms. The van der Waals surface area contributed by atoms with Crippen molar-refractivity contribution < 1.29 is 4.79 Å². The molecule has 0 bridgehead atoms. The standard InChI is InChI=1S/C24H25ClN4OS2/c1-15-17-14-21(32-24(17)29(27-15)19-9-4-3-8-18(19)25)23(30)26-16(2)22(20-10-7-13-31-20)28-11-5-6-12-28/h3-4,7-10,13-14,16,22H,5-6,11-12H2,1-2H3,(H,26,30)/t16-,22+/m1/s1. The average molecular weight is 485 g/mol. The normalized spacial score (nSPS) is 16.5. The number of nitrogens with zero attached hydrogens (tertiary/aromatic N) is 3. The van der Waals surface area contributed by atoms with Crippen LogP contribution in [0.15, 0.2) is 47.8 Å². The summed E-state index contributed by atoms with van der Waals surface area (Å²) in [6.45, 7) is 6.24. The number of thiophene rings is 2. The fraction of sp³-hybridized carbons (Fsp3) is 0.333. The summed E-state index contributed by atoms with van der Waals surface area (Å²) >= 11 is 9.63. The minimum Gasteiger partial charge on any atom is -0.347 e. The maximum Gasteiger partial charge on any atom is 0.261 e. The van der Waals surface area contributed by atoms with Crippen LogP contribution in [0.4, 0.5) is 0 Å². The van der Waals surface area contributed by atoms with Crippen LogP contribution in [0.3, 0.4) is 0 Å². The zero-order chi connectivity index (χ0) is 22.2. The third-order valence-electron chi connectivity index (χ3n) is 6.05. The summed E-state index contributed by atoms with van der Waals surface area (Å²) < 4.78 is 1.84. The fourth-order valence-electron chi connectivity index (χ4n) is 4.52. The number of nitrogens with one attached hydrogen (secondary N) is 1. The summed E-state index contributed by atoms with van der Waals surface area (Å²) in [5.41, 5.74) is 1.71. The second-order valence-corrected chi connectivity index (χ2v) is 10.7. The summed E-state index contributed by atoms with van der Waals surface area (Å²) in [4.78, 5) is 18.7. The van der Waals surface area contributed by atoms with Crippen molar-refractivity contribution in [2.45, 2.75) is 38.8 Å². The second-order valence-electron chi connectivity index (χ2n) is 8.24. The third kappa shape index (κ3) is 3.99.